The van der Waals surface area contributed by atoms with Crippen LogP contribution in [0.15, 0.2) is 29.2 Å². The molecule has 0 spiro atoms. The average Bonchev–Trinajstić information content (AvgIpc) is 2.46. The lowest BCUT2D eigenvalue weighted by molar-refractivity contribution is -0.0555. The van der Waals surface area contributed by atoms with Gasteiger partial charge in [-0.05, 0) is 32.9 Å². The maximum absolute atomic E-state index is 12.1. The van der Waals surface area contributed by atoms with Crippen molar-refractivity contribution in [3.05, 3.63) is 29.8 Å². The van der Waals surface area contributed by atoms with E-state index in [1.165, 1.54) is 0 Å². The van der Waals surface area contributed by atoms with E-state index in [1.807, 2.05) is 6.92 Å². The molecule has 1 unspecified atom stereocenters. The highest BCUT2D eigenvalue weighted by Gasteiger charge is 2.25. The second-order valence-corrected chi connectivity index (χ2v) is 7.25. The minimum Gasteiger partial charge on any atom is -0.373 e. The molecule has 1 atom stereocenters. The van der Waals surface area contributed by atoms with Crippen LogP contribution in [0.4, 0.5) is 0 Å². The quantitative estimate of drug-likeness (QED) is 0.776. The molecule has 2 rings (SSSR count). The molecule has 1 saturated heterocycles. The van der Waals surface area contributed by atoms with E-state index in [0.29, 0.717) is 19.2 Å². The highest BCUT2D eigenvalue weighted by Crippen LogP contribution is 2.15. The molecule has 0 amide bonds. The molecule has 1 aliphatic rings. The van der Waals surface area contributed by atoms with Gasteiger partial charge in [0.15, 0.2) is 0 Å². The first kappa shape index (κ1) is 16.4. The van der Waals surface area contributed by atoms with E-state index in [9.17, 15) is 8.42 Å². The molecule has 0 bridgehead atoms. The molecular weight excluding hydrogens is 290 g/mol. The SMILES string of the molecule is Cc1ccc(S(=O)(=O)OCC2CN(C(C)C)CCO2)cc1. The fraction of sp³-hybridized carbons (Fsp3) is 0.600. The van der Waals surface area contributed by atoms with Crippen LogP contribution in [0.3, 0.4) is 0 Å². The molecule has 1 aromatic carbocycles. The molecule has 1 aliphatic heterocycles. The standard InChI is InChI=1S/C15H23NO4S/c1-12(2)16-8-9-19-14(10-16)11-20-21(17,18)15-6-4-13(3)5-7-15/h4-7,12,14H,8-11H2,1-3H3. The van der Waals surface area contributed by atoms with E-state index >= 15 is 0 Å². The fourth-order valence-corrected chi connectivity index (χ4v) is 3.19. The third-order valence-electron chi connectivity index (χ3n) is 3.62. The van der Waals surface area contributed by atoms with E-state index in [4.69, 9.17) is 8.92 Å². The number of ether oxygens (including phenoxy) is 1. The second-order valence-electron chi connectivity index (χ2n) is 5.63. The summed E-state index contributed by atoms with van der Waals surface area (Å²) in [7, 11) is -3.71. The number of morpholine rings is 1. The van der Waals surface area contributed by atoms with Gasteiger partial charge >= 0.3 is 0 Å². The lowest BCUT2D eigenvalue weighted by Crippen LogP contribution is -2.47. The van der Waals surface area contributed by atoms with Crippen molar-refractivity contribution in [2.45, 2.75) is 37.8 Å². The van der Waals surface area contributed by atoms with Gasteiger partial charge in [0.05, 0.1) is 24.2 Å². The number of rotatable bonds is 5. The lowest BCUT2D eigenvalue weighted by atomic mass is 10.2. The lowest BCUT2D eigenvalue weighted by Gasteiger charge is -2.35. The molecule has 0 N–H and O–H groups in total. The van der Waals surface area contributed by atoms with E-state index < -0.39 is 10.1 Å². The van der Waals surface area contributed by atoms with Crippen molar-refractivity contribution in [1.29, 1.82) is 0 Å². The van der Waals surface area contributed by atoms with Crippen LogP contribution in [0.5, 0.6) is 0 Å². The number of aryl methyl sites for hydroxylation is 1. The van der Waals surface area contributed by atoms with E-state index in [1.54, 1.807) is 24.3 Å². The Hall–Kier alpha value is -0.950. The van der Waals surface area contributed by atoms with Crippen LogP contribution in [0.2, 0.25) is 0 Å². The van der Waals surface area contributed by atoms with E-state index in [0.717, 1.165) is 12.1 Å². The van der Waals surface area contributed by atoms with Crippen LogP contribution in [-0.2, 0) is 19.0 Å². The number of hydrogen-bond donors (Lipinski definition) is 0. The van der Waals surface area contributed by atoms with Gasteiger partial charge in [-0.3, -0.25) is 9.08 Å². The van der Waals surface area contributed by atoms with E-state index in [-0.39, 0.29) is 17.6 Å². The average molecular weight is 313 g/mol. The maximum atomic E-state index is 12.1. The first-order valence-corrected chi connectivity index (χ1v) is 8.61. The number of benzene rings is 1. The summed E-state index contributed by atoms with van der Waals surface area (Å²) >= 11 is 0. The zero-order valence-corrected chi connectivity index (χ0v) is 13.6. The molecular formula is C15H23NO4S. The maximum Gasteiger partial charge on any atom is 0.297 e. The van der Waals surface area contributed by atoms with Gasteiger partial charge in [0.2, 0.25) is 0 Å². The van der Waals surface area contributed by atoms with Crippen molar-refractivity contribution in [3.63, 3.8) is 0 Å². The zero-order chi connectivity index (χ0) is 15.5. The van der Waals surface area contributed by atoms with Gasteiger partial charge in [-0.1, -0.05) is 17.7 Å². The van der Waals surface area contributed by atoms with Crippen molar-refractivity contribution in [1.82, 2.24) is 4.90 Å². The number of nitrogens with zero attached hydrogens (tertiary/aromatic N) is 1. The fourth-order valence-electron chi connectivity index (χ4n) is 2.25. The molecule has 0 radical (unpaired) electrons. The van der Waals surface area contributed by atoms with Crippen LogP contribution < -0.4 is 0 Å². The van der Waals surface area contributed by atoms with Crippen molar-refractivity contribution >= 4 is 10.1 Å². The topological polar surface area (TPSA) is 55.8 Å². The van der Waals surface area contributed by atoms with Crippen molar-refractivity contribution < 1.29 is 17.3 Å². The molecule has 1 fully saturated rings. The van der Waals surface area contributed by atoms with Gasteiger partial charge < -0.3 is 4.74 Å². The molecule has 0 saturated carbocycles. The molecule has 21 heavy (non-hydrogen) atoms. The second kappa shape index (κ2) is 6.87. The van der Waals surface area contributed by atoms with Crippen molar-refractivity contribution in [3.8, 4) is 0 Å². The summed E-state index contributed by atoms with van der Waals surface area (Å²) in [6, 6.07) is 7.06. The van der Waals surface area contributed by atoms with Crippen LogP contribution in [-0.4, -0.2) is 51.8 Å². The summed E-state index contributed by atoms with van der Waals surface area (Å²) in [5.41, 5.74) is 1.01. The first-order chi connectivity index (χ1) is 9.88. The summed E-state index contributed by atoms with van der Waals surface area (Å²) in [6.45, 7) is 8.38. The molecule has 0 aromatic heterocycles. The molecule has 1 aromatic rings. The molecule has 1 heterocycles. The Kier molecular flexibility index (Phi) is 5.37. The highest BCUT2D eigenvalue weighted by molar-refractivity contribution is 7.86. The monoisotopic (exact) mass is 313 g/mol. The Labute approximate surface area is 127 Å². The van der Waals surface area contributed by atoms with Crippen LogP contribution >= 0.6 is 0 Å². The number of hydrogen-bond acceptors (Lipinski definition) is 5. The Balaban J connectivity index is 1.94. The minimum atomic E-state index is -3.71. The van der Waals surface area contributed by atoms with Gasteiger partial charge in [0.25, 0.3) is 10.1 Å². The molecule has 0 aliphatic carbocycles. The van der Waals surface area contributed by atoms with Crippen LogP contribution in [0, 0.1) is 6.92 Å². The Bertz CT molecular complexity index is 554. The molecule has 118 valence electrons. The summed E-state index contributed by atoms with van der Waals surface area (Å²) in [4.78, 5) is 2.44. The van der Waals surface area contributed by atoms with Crippen molar-refractivity contribution in [2.24, 2.45) is 0 Å². The Morgan fingerprint density at radius 1 is 1.33 bits per heavy atom. The van der Waals surface area contributed by atoms with Gasteiger partial charge in [0, 0.05) is 19.1 Å². The van der Waals surface area contributed by atoms with Crippen molar-refractivity contribution in [2.75, 3.05) is 26.3 Å². The van der Waals surface area contributed by atoms with Crippen LogP contribution in [0.1, 0.15) is 19.4 Å². The van der Waals surface area contributed by atoms with Gasteiger partial charge in [-0.15, -0.1) is 0 Å². The predicted octanol–water partition coefficient (Wildman–Crippen LogP) is 1.81. The van der Waals surface area contributed by atoms with Gasteiger partial charge in [-0.25, -0.2) is 0 Å². The summed E-state index contributed by atoms with van der Waals surface area (Å²) in [5.74, 6) is 0. The van der Waals surface area contributed by atoms with Gasteiger partial charge in [0.1, 0.15) is 0 Å². The molecule has 6 heteroatoms. The first-order valence-electron chi connectivity index (χ1n) is 7.20. The predicted molar refractivity (Wildman–Crippen MR) is 80.8 cm³/mol. The van der Waals surface area contributed by atoms with Crippen LogP contribution in [0.25, 0.3) is 0 Å². The highest BCUT2D eigenvalue weighted by atomic mass is 32.2. The third kappa shape index (κ3) is 4.51. The Morgan fingerprint density at radius 2 is 2.00 bits per heavy atom. The smallest absolute Gasteiger partial charge is 0.297 e. The normalized spacial score (nSPS) is 20.9. The third-order valence-corrected chi connectivity index (χ3v) is 4.92. The largest absolute Gasteiger partial charge is 0.373 e. The van der Waals surface area contributed by atoms with Gasteiger partial charge in [-0.2, -0.15) is 8.42 Å². The minimum absolute atomic E-state index is 0.0550. The summed E-state index contributed by atoms with van der Waals surface area (Å²) in [6.07, 6.45) is -0.207. The zero-order valence-electron chi connectivity index (χ0n) is 12.8. The Morgan fingerprint density at radius 3 is 2.62 bits per heavy atom. The summed E-state index contributed by atoms with van der Waals surface area (Å²) < 4.78 is 34.9. The summed E-state index contributed by atoms with van der Waals surface area (Å²) in [5, 5.41) is 0. The van der Waals surface area contributed by atoms with E-state index in [2.05, 4.69) is 18.7 Å². The molecule has 5 nitrogen and oxygen atoms in total.